The molecule has 90 valence electrons. The summed E-state index contributed by atoms with van der Waals surface area (Å²) in [5, 5.41) is 0. The Balaban J connectivity index is 3.35. The number of pyridine rings is 1. The van der Waals surface area contributed by atoms with Crippen LogP contribution in [0.25, 0.3) is 0 Å². The quantitative estimate of drug-likeness (QED) is 0.844. The number of nitrogens with two attached hydrogens (primary N) is 1. The summed E-state index contributed by atoms with van der Waals surface area (Å²) in [4.78, 5) is 13.9. The van der Waals surface area contributed by atoms with Gasteiger partial charge in [0.05, 0.1) is 5.69 Å². The Bertz CT molecular complexity index is 433. The van der Waals surface area contributed by atoms with Gasteiger partial charge in [-0.15, -0.1) is 0 Å². The van der Waals surface area contributed by atoms with E-state index in [2.05, 4.69) is 13.8 Å². The highest BCUT2D eigenvalue weighted by Crippen LogP contribution is 2.18. The van der Waals surface area contributed by atoms with Crippen LogP contribution in [-0.4, -0.2) is 18.7 Å². The molecule has 0 saturated heterocycles. The highest BCUT2D eigenvalue weighted by atomic mass is 16.1. The lowest BCUT2D eigenvalue weighted by molar-refractivity contribution is 0.503. The zero-order valence-electron chi connectivity index (χ0n) is 10.7. The Kier molecular flexibility index (Phi) is 3.62. The first-order valence-electron chi connectivity index (χ1n) is 5.51. The molecule has 4 heteroatoms. The van der Waals surface area contributed by atoms with Crippen molar-refractivity contribution >= 4 is 11.4 Å². The van der Waals surface area contributed by atoms with Crippen molar-refractivity contribution in [3.05, 3.63) is 22.1 Å². The van der Waals surface area contributed by atoms with Gasteiger partial charge in [0.25, 0.3) is 5.56 Å². The Morgan fingerprint density at radius 1 is 1.44 bits per heavy atom. The fourth-order valence-corrected chi connectivity index (χ4v) is 1.73. The Hall–Kier alpha value is -1.45. The van der Waals surface area contributed by atoms with Gasteiger partial charge in [0.2, 0.25) is 0 Å². The van der Waals surface area contributed by atoms with Gasteiger partial charge >= 0.3 is 0 Å². The second-order valence-corrected chi connectivity index (χ2v) is 4.79. The van der Waals surface area contributed by atoms with E-state index in [0.717, 1.165) is 11.4 Å². The molecule has 0 aromatic carbocycles. The number of hydrogen-bond donors (Lipinski definition) is 1. The monoisotopic (exact) mass is 223 g/mol. The zero-order chi connectivity index (χ0) is 12.5. The lowest BCUT2D eigenvalue weighted by atomic mass is 10.2. The molecule has 0 aliphatic heterocycles. The van der Waals surface area contributed by atoms with Crippen LogP contribution in [0.1, 0.15) is 19.5 Å². The van der Waals surface area contributed by atoms with E-state index in [9.17, 15) is 4.79 Å². The highest BCUT2D eigenvalue weighted by Gasteiger charge is 2.12. The maximum atomic E-state index is 12.1. The fraction of sp³-hybridized carbons (Fsp3) is 0.583. The molecule has 0 fully saturated rings. The van der Waals surface area contributed by atoms with Crippen molar-refractivity contribution in [3.63, 3.8) is 0 Å². The van der Waals surface area contributed by atoms with Gasteiger partial charge in [-0.1, -0.05) is 13.8 Å². The minimum Gasteiger partial charge on any atom is -0.393 e. The number of nitrogen functional groups attached to an aromatic ring is 1. The van der Waals surface area contributed by atoms with Crippen LogP contribution >= 0.6 is 0 Å². The van der Waals surface area contributed by atoms with Gasteiger partial charge in [-0.2, -0.15) is 0 Å². The maximum absolute atomic E-state index is 12.1. The summed E-state index contributed by atoms with van der Waals surface area (Å²) in [7, 11) is 3.77. The molecule has 1 rings (SSSR count). The predicted octanol–water partition coefficient (Wildman–Crippen LogP) is 1.46. The molecule has 0 saturated carbocycles. The second kappa shape index (κ2) is 4.60. The number of rotatable bonds is 3. The van der Waals surface area contributed by atoms with Crippen LogP contribution in [-0.2, 0) is 6.54 Å². The molecule has 2 N–H and O–H groups in total. The van der Waals surface area contributed by atoms with Crippen LogP contribution < -0.4 is 16.2 Å². The third-order valence-corrected chi connectivity index (χ3v) is 2.55. The van der Waals surface area contributed by atoms with Crippen LogP contribution in [0.4, 0.5) is 11.4 Å². The van der Waals surface area contributed by atoms with Crippen molar-refractivity contribution in [2.24, 2.45) is 5.92 Å². The van der Waals surface area contributed by atoms with Crippen molar-refractivity contribution in [1.29, 1.82) is 0 Å². The van der Waals surface area contributed by atoms with Gasteiger partial charge in [-0.3, -0.25) is 4.79 Å². The van der Waals surface area contributed by atoms with Crippen LogP contribution in [0.2, 0.25) is 0 Å². The summed E-state index contributed by atoms with van der Waals surface area (Å²) in [6.07, 6.45) is 0. The van der Waals surface area contributed by atoms with Crippen LogP contribution in [0, 0.1) is 12.8 Å². The number of nitrogens with zero attached hydrogens (tertiary/aromatic N) is 2. The van der Waals surface area contributed by atoms with E-state index in [-0.39, 0.29) is 5.56 Å². The molecule has 1 aromatic heterocycles. The minimum atomic E-state index is -0.0857. The topological polar surface area (TPSA) is 51.3 Å². The van der Waals surface area contributed by atoms with Gasteiger partial charge < -0.3 is 15.2 Å². The molecular weight excluding hydrogens is 202 g/mol. The number of aryl methyl sites for hydroxylation is 1. The average molecular weight is 223 g/mol. The molecule has 0 atom stereocenters. The van der Waals surface area contributed by atoms with Gasteiger partial charge in [-0.25, -0.2) is 0 Å². The van der Waals surface area contributed by atoms with Gasteiger partial charge in [-0.05, 0) is 18.9 Å². The average Bonchev–Trinajstić information content (AvgIpc) is 2.17. The molecule has 16 heavy (non-hydrogen) atoms. The zero-order valence-corrected chi connectivity index (χ0v) is 10.7. The van der Waals surface area contributed by atoms with Crippen molar-refractivity contribution in [1.82, 2.24) is 4.57 Å². The van der Waals surface area contributed by atoms with E-state index in [1.54, 1.807) is 4.57 Å². The summed E-state index contributed by atoms with van der Waals surface area (Å²) in [5.74, 6) is 0.431. The Morgan fingerprint density at radius 2 is 2.00 bits per heavy atom. The van der Waals surface area contributed by atoms with E-state index in [1.807, 2.05) is 32.0 Å². The molecule has 1 aromatic rings. The Labute approximate surface area is 96.7 Å². The van der Waals surface area contributed by atoms with Gasteiger partial charge in [0.15, 0.2) is 0 Å². The summed E-state index contributed by atoms with van der Waals surface area (Å²) in [5.41, 5.74) is 7.85. The molecule has 0 amide bonds. The molecule has 0 unspecified atom stereocenters. The Morgan fingerprint density at radius 3 is 2.44 bits per heavy atom. The second-order valence-electron chi connectivity index (χ2n) is 4.79. The van der Waals surface area contributed by atoms with E-state index in [4.69, 9.17) is 5.73 Å². The van der Waals surface area contributed by atoms with Crippen molar-refractivity contribution in [2.75, 3.05) is 24.7 Å². The van der Waals surface area contributed by atoms with E-state index >= 15 is 0 Å². The smallest absolute Gasteiger partial charge is 0.276 e. The molecular formula is C12H21N3O. The third kappa shape index (κ3) is 2.38. The highest BCUT2D eigenvalue weighted by molar-refractivity contribution is 5.66. The van der Waals surface area contributed by atoms with Crippen LogP contribution in [0.3, 0.4) is 0 Å². The molecule has 0 aliphatic carbocycles. The fourth-order valence-electron chi connectivity index (χ4n) is 1.73. The summed E-state index contributed by atoms with van der Waals surface area (Å²) < 4.78 is 1.74. The lowest BCUT2D eigenvalue weighted by Gasteiger charge is -2.19. The maximum Gasteiger partial charge on any atom is 0.276 e. The van der Waals surface area contributed by atoms with E-state index in [1.165, 1.54) is 0 Å². The molecule has 0 bridgehead atoms. The predicted molar refractivity (Wildman–Crippen MR) is 69.0 cm³/mol. The minimum absolute atomic E-state index is 0.0857. The largest absolute Gasteiger partial charge is 0.393 e. The first-order valence-corrected chi connectivity index (χ1v) is 5.51. The normalized spacial score (nSPS) is 10.9. The first-order chi connectivity index (χ1) is 7.34. The number of aromatic nitrogens is 1. The standard InChI is InChI=1S/C12H21N3O/c1-8(2)7-15-9(3)6-10(14(4)5)11(13)12(15)16/h6,8H,7,13H2,1-5H3. The van der Waals surface area contributed by atoms with E-state index in [0.29, 0.717) is 18.2 Å². The molecule has 0 aliphatic rings. The molecule has 4 nitrogen and oxygen atoms in total. The van der Waals surface area contributed by atoms with Gasteiger partial charge in [0.1, 0.15) is 5.69 Å². The lowest BCUT2D eigenvalue weighted by Crippen LogP contribution is -2.29. The molecule has 0 spiro atoms. The van der Waals surface area contributed by atoms with Gasteiger partial charge in [0, 0.05) is 26.3 Å². The van der Waals surface area contributed by atoms with E-state index < -0.39 is 0 Å². The molecule has 0 radical (unpaired) electrons. The SMILES string of the molecule is Cc1cc(N(C)C)c(N)c(=O)n1CC(C)C. The van der Waals surface area contributed by atoms with Crippen LogP contribution in [0.15, 0.2) is 10.9 Å². The third-order valence-electron chi connectivity index (χ3n) is 2.55. The summed E-state index contributed by atoms with van der Waals surface area (Å²) in [6.45, 7) is 6.82. The van der Waals surface area contributed by atoms with Crippen LogP contribution in [0.5, 0.6) is 0 Å². The molecule has 1 heterocycles. The summed E-state index contributed by atoms with van der Waals surface area (Å²) >= 11 is 0. The number of hydrogen-bond acceptors (Lipinski definition) is 3. The summed E-state index contributed by atoms with van der Waals surface area (Å²) in [6, 6.07) is 1.96. The van der Waals surface area contributed by atoms with Crippen molar-refractivity contribution in [2.45, 2.75) is 27.3 Å². The van der Waals surface area contributed by atoms with Crippen molar-refractivity contribution < 1.29 is 0 Å². The van der Waals surface area contributed by atoms with Crippen molar-refractivity contribution in [3.8, 4) is 0 Å². The first kappa shape index (κ1) is 12.6. The number of anilines is 2.